The Balaban J connectivity index is 1.78. The van der Waals surface area contributed by atoms with Gasteiger partial charge in [0.25, 0.3) is 5.91 Å². The fourth-order valence-electron chi connectivity index (χ4n) is 1.94. The lowest BCUT2D eigenvalue weighted by Crippen LogP contribution is -2.26. The van der Waals surface area contributed by atoms with Gasteiger partial charge in [-0.1, -0.05) is 23.9 Å². The summed E-state index contributed by atoms with van der Waals surface area (Å²) in [6.45, 7) is 0. The molecule has 1 heterocycles. The molecule has 1 aliphatic heterocycles. The Labute approximate surface area is 119 Å². The zero-order valence-corrected chi connectivity index (χ0v) is 11.3. The number of amidine groups is 1. The van der Waals surface area contributed by atoms with E-state index in [1.807, 2.05) is 0 Å². The van der Waals surface area contributed by atoms with Gasteiger partial charge < -0.3 is 5.11 Å². The van der Waals surface area contributed by atoms with Gasteiger partial charge in [0.1, 0.15) is 0 Å². The first-order valence-corrected chi connectivity index (χ1v) is 7.11. The molecule has 103 valence electrons. The molecule has 0 aromatic heterocycles. The second-order valence-electron chi connectivity index (χ2n) is 4.67. The molecule has 20 heavy (non-hydrogen) atoms. The maximum atomic E-state index is 12.1. The van der Waals surface area contributed by atoms with E-state index in [1.54, 1.807) is 12.1 Å². The van der Waals surface area contributed by atoms with Crippen LogP contribution in [0.1, 0.15) is 33.6 Å². The molecule has 1 aromatic rings. The van der Waals surface area contributed by atoms with Crippen molar-refractivity contribution >= 4 is 28.8 Å². The third-order valence-electron chi connectivity index (χ3n) is 3.16. The molecule has 1 atom stereocenters. The molecule has 2 aliphatic rings. The van der Waals surface area contributed by atoms with Crippen molar-refractivity contribution in [3.05, 3.63) is 35.4 Å². The topological polar surface area (TPSA) is 92.9 Å². The highest BCUT2D eigenvalue weighted by Crippen LogP contribution is 2.39. The molecule has 0 bridgehead atoms. The number of benzene rings is 1. The number of hydrogen-bond donors (Lipinski definition) is 2. The summed E-state index contributed by atoms with van der Waals surface area (Å²) >= 11 is 1.42. The Kier molecular flexibility index (Phi) is 3.45. The molecule has 1 aromatic carbocycles. The van der Waals surface area contributed by atoms with Crippen LogP contribution in [0.4, 0.5) is 0 Å². The van der Waals surface area contributed by atoms with Crippen molar-refractivity contribution in [2.24, 2.45) is 10.9 Å². The Morgan fingerprint density at radius 3 is 2.65 bits per heavy atom. The number of nitrogens with zero attached hydrogens (tertiary/aromatic N) is 2. The molecule has 3 rings (SSSR count). The average Bonchev–Trinajstić information content (AvgIpc) is 3.19. The lowest BCUT2D eigenvalue weighted by atomic mass is 10.1. The van der Waals surface area contributed by atoms with Crippen molar-refractivity contribution in [1.29, 1.82) is 0 Å². The summed E-state index contributed by atoms with van der Waals surface area (Å²) in [6.07, 6.45) is 2.34. The van der Waals surface area contributed by atoms with Crippen LogP contribution in [0.3, 0.4) is 0 Å². The highest BCUT2D eigenvalue weighted by Gasteiger charge is 2.37. The Morgan fingerprint density at radius 1 is 1.30 bits per heavy atom. The Bertz CT molecular complexity index is 598. The zero-order chi connectivity index (χ0) is 14.1. The van der Waals surface area contributed by atoms with Gasteiger partial charge >= 0.3 is 5.97 Å². The number of thioether (sulfide) groups is 1. The van der Waals surface area contributed by atoms with E-state index in [4.69, 9.17) is 5.11 Å². The minimum atomic E-state index is -1.14. The minimum absolute atomic E-state index is 0.0449. The van der Waals surface area contributed by atoms with Crippen LogP contribution in [0, 0.1) is 5.92 Å². The number of aromatic carboxylic acids is 1. The third-order valence-corrected chi connectivity index (χ3v) is 4.29. The van der Waals surface area contributed by atoms with Gasteiger partial charge in [-0.05, 0) is 30.9 Å². The van der Waals surface area contributed by atoms with Gasteiger partial charge in [0.05, 0.1) is 16.5 Å². The van der Waals surface area contributed by atoms with E-state index in [-0.39, 0.29) is 16.5 Å². The largest absolute Gasteiger partial charge is 0.478 e. The van der Waals surface area contributed by atoms with Gasteiger partial charge in [0.15, 0.2) is 0 Å². The number of aliphatic imine (C=N–C) groups is 1. The lowest BCUT2D eigenvalue weighted by Gasteiger charge is -2.01. The van der Waals surface area contributed by atoms with Crippen molar-refractivity contribution in [3.63, 3.8) is 0 Å². The second-order valence-corrected chi connectivity index (χ2v) is 5.78. The van der Waals surface area contributed by atoms with E-state index in [2.05, 4.69) is 15.8 Å². The molecule has 0 spiro atoms. The van der Waals surface area contributed by atoms with E-state index < -0.39 is 11.9 Å². The highest BCUT2D eigenvalue weighted by molar-refractivity contribution is 8.14. The lowest BCUT2D eigenvalue weighted by molar-refractivity contribution is 0.0692. The van der Waals surface area contributed by atoms with E-state index in [0.29, 0.717) is 11.1 Å². The minimum Gasteiger partial charge on any atom is -0.478 e. The van der Waals surface area contributed by atoms with Crippen LogP contribution in [-0.2, 0) is 0 Å². The second kappa shape index (κ2) is 5.26. The van der Waals surface area contributed by atoms with Crippen molar-refractivity contribution in [2.75, 3.05) is 0 Å². The predicted octanol–water partition coefficient (Wildman–Crippen LogP) is 1.47. The summed E-state index contributed by atoms with van der Waals surface area (Å²) in [6, 6.07) is 6.04. The Hall–Kier alpha value is -1.86. The fraction of sp³-hybridized carbons (Fsp3) is 0.308. The summed E-state index contributed by atoms with van der Waals surface area (Å²) in [7, 11) is 0. The molecule has 6 nitrogen and oxygen atoms in total. The van der Waals surface area contributed by atoms with E-state index >= 15 is 0 Å². The number of hydrogen-bond acceptors (Lipinski definition) is 4. The average molecular weight is 290 g/mol. The fourth-order valence-corrected chi connectivity index (χ4v) is 2.98. The van der Waals surface area contributed by atoms with Gasteiger partial charge in [0, 0.05) is 0 Å². The highest BCUT2D eigenvalue weighted by atomic mass is 32.2. The number of rotatable bonds is 3. The van der Waals surface area contributed by atoms with Gasteiger partial charge in [-0.3, -0.25) is 4.79 Å². The van der Waals surface area contributed by atoms with Crippen LogP contribution in [0.5, 0.6) is 0 Å². The zero-order valence-electron chi connectivity index (χ0n) is 10.4. The number of amides is 1. The molecule has 1 saturated heterocycles. The summed E-state index contributed by atoms with van der Waals surface area (Å²) < 4.78 is 0. The number of carboxylic acid groups (broad SMARTS) is 1. The van der Waals surface area contributed by atoms with Crippen LogP contribution in [-0.4, -0.2) is 27.5 Å². The summed E-state index contributed by atoms with van der Waals surface area (Å²) in [5.74, 6) is -1.12. The number of carbonyl (C=O) groups is 2. The van der Waals surface area contributed by atoms with Gasteiger partial charge in [-0.25, -0.2) is 4.79 Å². The standard InChI is InChI=1S/C13H12N3O3S/c17-10(8-3-1-2-4-9(8)12(18)19)14-13-16-15-11(20-13)7-5-6-7/h1-4,7,11,15H,5-6H2,(H,18,19). The Morgan fingerprint density at radius 2 is 2.00 bits per heavy atom. The molecule has 2 fully saturated rings. The molecule has 1 saturated carbocycles. The third kappa shape index (κ3) is 2.68. The summed E-state index contributed by atoms with van der Waals surface area (Å²) in [5, 5.41) is 9.62. The molecular formula is C13H12N3O3S. The molecule has 1 unspecified atom stereocenters. The van der Waals surface area contributed by atoms with E-state index in [9.17, 15) is 9.59 Å². The van der Waals surface area contributed by atoms with Crippen LogP contribution < -0.4 is 10.9 Å². The van der Waals surface area contributed by atoms with Crippen LogP contribution in [0.2, 0.25) is 0 Å². The smallest absolute Gasteiger partial charge is 0.336 e. The molecule has 2 N–H and O–H groups in total. The molecular weight excluding hydrogens is 278 g/mol. The first-order chi connectivity index (χ1) is 9.65. The van der Waals surface area contributed by atoms with Crippen LogP contribution in [0.25, 0.3) is 0 Å². The van der Waals surface area contributed by atoms with Crippen molar-refractivity contribution in [1.82, 2.24) is 10.9 Å². The summed E-state index contributed by atoms with van der Waals surface area (Å²) in [5.41, 5.74) is 7.00. The molecule has 1 radical (unpaired) electrons. The normalized spacial score (nSPS) is 23.6. The van der Waals surface area contributed by atoms with Gasteiger partial charge in [-0.15, -0.1) is 0 Å². The monoisotopic (exact) mass is 290 g/mol. The van der Waals surface area contributed by atoms with E-state index in [0.717, 1.165) is 0 Å². The van der Waals surface area contributed by atoms with E-state index in [1.165, 1.54) is 36.7 Å². The number of carbonyl (C=O) groups excluding carboxylic acids is 1. The quantitative estimate of drug-likeness (QED) is 0.879. The van der Waals surface area contributed by atoms with Gasteiger partial charge in [-0.2, -0.15) is 15.8 Å². The first-order valence-electron chi connectivity index (χ1n) is 6.23. The molecule has 7 heteroatoms. The predicted molar refractivity (Wildman–Crippen MR) is 74.5 cm³/mol. The number of carboxylic acids is 1. The van der Waals surface area contributed by atoms with Crippen molar-refractivity contribution in [2.45, 2.75) is 18.2 Å². The SMILES string of the molecule is O=C(O)c1ccccc1C(=O)N=C1[N]NC(C2CC2)S1. The molecule has 1 aliphatic carbocycles. The van der Waals surface area contributed by atoms with Crippen LogP contribution >= 0.6 is 11.8 Å². The van der Waals surface area contributed by atoms with Crippen molar-refractivity contribution in [3.8, 4) is 0 Å². The van der Waals surface area contributed by atoms with Crippen LogP contribution in [0.15, 0.2) is 29.3 Å². The summed E-state index contributed by atoms with van der Waals surface area (Å²) in [4.78, 5) is 27.0. The van der Waals surface area contributed by atoms with Gasteiger partial charge in [0.2, 0.25) is 5.17 Å². The first kappa shape index (κ1) is 13.1. The van der Waals surface area contributed by atoms with Crippen molar-refractivity contribution < 1.29 is 14.7 Å². The maximum absolute atomic E-state index is 12.1. The molecule has 1 amide bonds. The maximum Gasteiger partial charge on any atom is 0.336 e. The number of nitrogens with one attached hydrogen (secondary N) is 1.